The SMILES string of the molecule is COc1cc(OC)c(C(=O)Pc2ccc(OCC(C)C)cc2C)c(OC)c1.[Li]. The van der Waals surface area contributed by atoms with Crippen LogP contribution in [0.4, 0.5) is 0 Å². The van der Waals surface area contributed by atoms with Crippen molar-refractivity contribution in [3.63, 3.8) is 0 Å². The molecule has 28 heavy (non-hydrogen) atoms. The average molecular weight is 397 g/mol. The topological polar surface area (TPSA) is 54.0 Å². The van der Waals surface area contributed by atoms with E-state index in [0.29, 0.717) is 35.3 Å². The molecule has 2 aromatic carbocycles. The quantitative estimate of drug-likeness (QED) is 0.476. The summed E-state index contributed by atoms with van der Waals surface area (Å²) in [5.41, 5.74) is 1.40. The van der Waals surface area contributed by atoms with Crippen LogP contribution < -0.4 is 24.3 Å². The normalized spacial score (nSPS) is 10.7. The molecule has 0 aliphatic rings. The van der Waals surface area contributed by atoms with Crippen molar-refractivity contribution in [2.24, 2.45) is 5.92 Å². The zero-order chi connectivity index (χ0) is 20.0. The van der Waals surface area contributed by atoms with Gasteiger partial charge in [0.15, 0.2) is 5.52 Å². The predicted molar refractivity (Wildman–Crippen MR) is 116 cm³/mol. The van der Waals surface area contributed by atoms with E-state index in [0.717, 1.165) is 16.6 Å². The maximum atomic E-state index is 13.0. The second-order valence-electron chi connectivity index (χ2n) is 6.54. The molecule has 2 aromatic rings. The van der Waals surface area contributed by atoms with Gasteiger partial charge < -0.3 is 18.9 Å². The largest absolute Gasteiger partial charge is 0.496 e. The number of hydrogen-bond acceptors (Lipinski definition) is 5. The van der Waals surface area contributed by atoms with Crippen molar-refractivity contribution in [3.8, 4) is 23.0 Å². The first-order valence-corrected chi connectivity index (χ1v) is 9.74. The van der Waals surface area contributed by atoms with E-state index in [2.05, 4.69) is 13.8 Å². The number of hydrogen-bond donors (Lipinski definition) is 0. The Morgan fingerprint density at radius 3 is 2.04 bits per heavy atom. The van der Waals surface area contributed by atoms with Gasteiger partial charge in [-0.25, -0.2) is 0 Å². The minimum atomic E-state index is -0.0507. The summed E-state index contributed by atoms with van der Waals surface area (Å²) in [6.07, 6.45) is 0. The third-order valence-corrected chi connectivity index (χ3v) is 5.28. The molecule has 0 aliphatic heterocycles. The van der Waals surface area contributed by atoms with Gasteiger partial charge in [0.05, 0.1) is 27.9 Å². The van der Waals surface area contributed by atoms with Crippen LogP contribution in [0, 0.1) is 12.8 Å². The molecular weight excluding hydrogens is 370 g/mol. The third kappa shape index (κ3) is 6.17. The van der Waals surface area contributed by atoms with E-state index in [9.17, 15) is 4.79 Å². The van der Waals surface area contributed by atoms with Crippen molar-refractivity contribution in [1.82, 2.24) is 0 Å². The van der Waals surface area contributed by atoms with Gasteiger partial charge in [0.2, 0.25) is 0 Å². The van der Waals surface area contributed by atoms with Crippen molar-refractivity contribution in [2.75, 3.05) is 27.9 Å². The molecule has 0 bridgehead atoms. The summed E-state index contributed by atoms with van der Waals surface area (Å²) in [7, 11) is 4.56. The molecule has 1 unspecified atom stereocenters. The number of carbonyl (C=O) groups excluding carboxylic acids is 1. The second kappa shape index (κ2) is 11.4. The van der Waals surface area contributed by atoms with Crippen molar-refractivity contribution in [2.45, 2.75) is 20.8 Å². The van der Waals surface area contributed by atoms with Crippen LogP contribution in [-0.2, 0) is 0 Å². The van der Waals surface area contributed by atoms with Crippen LogP contribution in [0.2, 0.25) is 0 Å². The number of ether oxygens (including phenoxy) is 4. The average Bonchev–Trinajstić information content (AvgIpc) is 2.66. The van der Waals surface area contributed by atoms with Gasteiger partial charge in [-0.15, -0.1) is 0 Å². The van der Waals surface area contributed by atoms with E-state index in [4.69, 9.17) is 18.9 Å². The van der Waals surface area contributed by atoms with Gasteiger partial charge in [0, 0.05) is 31.0 Å². The fourth-order valence-corrected chi connectivity index (χ4v) is 3.60. The maximum absolute atomic E-state index is 13.0. The Labute approximate surface area is 181 Å². The van der Waals surface area contributed by atoms with Crippen LogP contribution >= 0.6 is 8.58 Å². The summed E-state index contributed by atoms with van der Waals surface area (Å²) in [5.74, 6) is 2.74. The number of benzene rings is 2. The molecule has 0 aliphatic carbocycles. The van der Waals surface area contributed by atoms with Gasteiger partial charge in [-0.05, 0) is 44.4 Å². The van der Waals surface area contributed by atoms with Crippen LogP contribution in [0.1, 0.15) is 29.8 Å². The number of carbonyl (C=O) groups is 1. The summed E-state index contributed by atoms with van der Waals surface area (Å²) in [4.78, 5) is 13.0. The molecule has 2 rings (SSSR count). The first kappa shape index (κ1) is 24.4. The van der Waals surface area contributed by atoms with Crippen LogP contribution in [0.25, 0.3) is 0 Å². The van der Waals surface area contributed by atoms with Gasteiger partial charge in [-0.3, -0.25) is 4.79 Å². The van der Waals surface area contributed by atoms with Crippen molar-refractivity contribution >= 4 is 38.3 Å². The molecule has 0 spiro atoms. The molecule has 0 heterocycles. The van der Waals surface area contributed by atoms with Gasteiger partial charge in [0.1, 0.15) is 28.6 Å². The molecule has 0 N–H and O–H groups in total. The number of methoxy groups -OCH3 is 3. The Hall–Kier alpha value is -1.66. The van der Waals surface area contributed by atoms with Crippen molar-refractivity contribution in [3.05, 3.63) is 41.5 Å². The Morgan fingerprint density at radius 1 is 0.964 bits per heavy atom. The van der Waals surface area contributed by atoms with E-state index in [1.807, 2.05) is 25.1 Å². The summed E-state index contributed by atoms with van der Waals surface area (Å²) >= 11 is 0. The summed E-state index contributed by atoms with van der Waals surface area (Å²) in [6, 6.07) is 9.21. The number of rotatable bonds is 9. The minimum absolute atomic E-state index is 0. The van der Waals surface area contributed by atoms with E-state index in [1.165, 1.54) is 14.2 Å². The molecule has 7 heteroatoms. The van der Waals surface area contributed by atoms with Crippen LogP contribution in [0.5, 0.6) is 23.0 Å². The van der Waals surface area contributed by atoms with Gasteiger partial charge in [-0.2, -0.15) is 0 Å². The molecular formula is C21H27LiO5P. The molecule has 5 nitrogen and oxygen atoms in total. The number of aryl methyl sites for hydroxylation is 1. The van der Waals surface area contributed by atoms with Crippen LogP contribution in [0.15, 0.2) is 30.3 Å². The molecule has 1 atom stereocenters. The summed E-state index contributed by atoms with van der Waals surface area (Å²) in [5, 5.41) is 0.969. The van der Waals surface area contributed by atoms with Crippen LogP contribution in [0.3, 0.4) is 0 Å². The first-order valence-electron chi connectivity index (χ1n) is 8.74. The molecule has 0 saturated heterocycles. The fourth-order valence-electron chi connectivity index (χ4n) is 2.54. The Morgan fingerprint density at radius 2 is 1.57 bits per heavy atom. The first-order chi connectivity index (χ1) is 12.9. The summed E-state index contributed by atoms with van der Waals surface area (Å²) in [6.45, 7) is 6.87. The molecule has 0 saturated carbocycles. The Kier molecular flexibility index (Phi) is 9.89. The standard InChI is InChI=1S/C21H27O5P.Li/c1-13(2)12-26-15-7-8-19(14(3)9-15)27-21(22)20-17(24-5)10-16(23-4)11-18(20)25-6;/h7-11,13,27H,12H2,1-6H3;. The van der Waals surface area contributed by atoms with E-state index in [-0.39, 0.29) is 33.0 Å². The monoisotopic (exact) mass is 397 g/mol. The smallest absolute Gasteiger partial charge is 0.193 e. The summed E-state index contributed by atoms with van der Waals surface area (Å²) < 4.78 is 21.8. The zero-order valence-electron chi connectivity index (χ0n) is 17.7. The predicted octanol–water partition coefficient (Wildman–Crippen LogP) is 3.82. The third-order valence-electron chi connectivity index (χ3n) is 3.97. The Bertz CT molecular complexity index is 782. The van der Waals surface area contributed by atoms with E-state index < -0.39 is 0 Å². The molecule has 0 aromatic heterocycles. The van der Waals surface area contributed by atoms with E-state index >= 15 is 0 Å². The van der Waals surface area contributed by atoms with Crippen LogP contribution in [-0.4, -0.2) is 52.3 Å². The minimum Gasteiger partial charge on any atom is -0.496 e. The maximum Gasteiger partial charge on any atom is 0.193 e. The molecule has 1 radical (unpaired) electrons. The van der Waals surface area contributed by atoms with Crippen molar-refractivity contribution < 1.29 is 23.7 Å². The van der Waals surface area contributed by atoms with Gasteiger partial charge in [0.25, 0.3) is 0 Å². The van der Waals surface area contributed by atoms with Gasteiger partial charge in [-0.1, -0.05) is 19.9 Å². The zero-order valence-corrected chi connectivity index (χ0v) is 18.7. The van der Waals surface area contributed by atoms with E-state index in [1.54, 1.807) is 19.2 Å². The fraction of sp³-hybridized carbons (Fsp3) is 0.381. The molecule has 0 amide bonds. The molecule has 147 valence electrons. The van der Waals surface area contributed by atoms with Crippen molar-refractivity contribution in [1.29, 1.82) is 0 Å². The van der Waals surface area contributed by atoms with Gasteiger partial charge >= 0.3 is 0 Å². The Balaban J connectivity index is 0.00000392. The second-order valence-corrected chi connectivity index (χ2v) is 7.79. The molecule has 0 fully saturated rings.